The molecule has 0 aromatic rings. The molecule has 3 unspecified atom stereocenters. The molecule has 2 bridgehead atoms. The number of thioether (sulfide) groups is 1. The summed E-state index contributed by atoms with van der Waals surface area (Å²) in [6, 6.07) is -1.05. The number of esters is 1. The molecule has 1 saturated carbocycles. The van der Waals surface area contributed by atoms with Gasteiger partial charge in [0.15, 0.2) is 0 Å². The maximum Gasteiger partial charge on any atom is 0.311 e. The summed E-state index contributed by atoms with van der Waals surface area (Å²) in [5, 5.41) is 10.2. The molecule has 3 saturated heterocycles. The topological polar surface area (TPSA) is 87.2 Å². The lowest BCUT2D eigenvalue weighted by Gasteiger charge is -2.44. The number of aliphatic hydroxyl groups excluding tert-OH is 1. The molecule has 8 heteroatoms. The van der Waals surface area contributed by atoms with Crippen molar-refractivity contribution in [2.75, 3.05) is 19.8 Å². The zero-order chi connectivity index (χ0) is 25.3. The van der Waals surface area contributed by atoms with Gasteiger partial charge in [0.2, 0.25) is 11.8 Å². The number of nitrogens with zero attached hydrogens (tertiary/aromatic N) is 2. The number of amides is 2. The Hall–Kier alpha value is -1.80. The van der Waals surface area contributed by atoms with E-state index in [0.717, 1.165) is 32.1 Å². The Morgan fingerprint density at radius 3 is 2.60 bits per heavy atom. The van der Waals surface area contributed by atoms with Crippen molar-refractivity contribution in [3.8, 4) is 0 Å². The van der Waals surface area contributed by atoms with Crippen LogP contribution in [-0.2, 0) is 19.1 Å². The van der Waals surface area contributed by atoms with Gasteiger partial charge in [-0.25, -0.2) is 0 Å². The third kappa shape index (κ3) is 4.14. The minimum atomic E-state index is -0.707. The molecule has 4 fully saturated rings. The van der Waals surface area contributed by atoms with Gasteiger partial charge in [-0.3, -0.25) is 14.4 Å². The van der Waals surface area contributed by atoms with Crippen LogP contribution in [0.3, 0.4) is 0 Å². The van der Waals surface area contributed by atoms with E-state index < -0.39 is 28.7 Å². The average molecular weight is 505 g/mol. The lowest BCUT2D eigenvalue weighted by molar-refractivity contribution is -0.154. The first-order chi connectivity index (χ1) is 16.9. The summed E-state index contributed by atoms with van der Waals surface area (Å²) in [7, 11) is 0. The molecule has 0 aromatic carbocycles. The number of rotatable bonds is 10. The molecule has 1 aliphatic carbocycles. The molecular formula is C27H40N2O5S. The predicted octanol–water partition coefficient (Wildman–Crippen LogP) is 3.17. The van der Waals surface area contributed by atoms with Gasteiger partial charge < -0.3 is 19.6 Å². The highest BCUT2D eigenvalue weighted by atomic mass is 32.2. The van der Waals surface area contributed by atoms with Crippen LogP contribution in [0.5, 0.6) is 0 Å². The van der Waals surface area contributed by atoms with Gasteiger partial charge in [0, 0.05) is 17.8 Å². The monoisotopic (exact) mass is 504 g/mol. The van der Waals surface area contributed by atoms with Crippen LogP contribution < -0.4 is 0 Å². The predicted molar refractivity (Wildman–Crippen MR) is 137 cm³/mol. The lowest BCUT2D eigenvalue weighted by atomic mass is 9.66. The van der Waals surface area contributed by atoms with E-state index in [2.05, 4.69) is 20.1 Å². The second-order valence-corrected chi connectivity index (χ2v) is 12.1. The molecule has 0 aromatic heterocycles. The van der Waals surface area contributed by atoms with E-state index in [0.29, 0.717) is 13.0 Å². The third-order valence-electron chi connectivity index (χ3n) is 8.73. The number of likely N-dealkylation sites (tertiary alicyclic amines) is 1. The van der Waals surface area contributed by atoms with Crippen molar-refractivity contribution < 1.29 is 24.2 Å². The van der Waals surface area contributed by atoms with Crippen LogP contribution in [0.1, 0.15) is 58.8 Å². The Morgan fingerprint density at radius 2 is 2.00 bits per heavy atom. The van der Waals surface area contributed by atoms with Gasteiger partial charge >= 0.3 is 5.97 Å². The summed E-state index contributed by atoms with van der Waals surface area (Å²) in [5.74, 6) is -1.74. The van der Waals surface area contributed by atoms with E-state index in [1.807, 2.05) is 11.8 Å². The van der Waals surface area contributed by atoms with Gasteiger partial charge in [-0.2, -0.15) is 0 Å². The van der Waals surface area contributed by atoms with Crippen LogP contribution in [0.2, 0.25) is 0 Å². The average Bonchev–Trinajstić information content (AvgIpc) is 3.46. The fourth-order valence-electron chi connectivity index (χ4n) is 7.16. The van der Waals surface area contributed by atoms with Gasteiger partial charge in [0.05, 0.1) is 29.2 Å². The molecule has 1 spiro atoms. The highest BCUT2D eigenvalue weighted by Gasteiger charge is 2.77. The Morgan fingerprint density at radius 1 is 1.29 bits per heavy atom. The van der Waals surface area contributed by atoms with Crippen molar-refractivity contribution in [2.45, 2.75) is 86.9 Å². The smallest absolute Gasteiger partial charge is 0.311 e. The van der Waals surface area contributed by atoms with Gasteiger partial charge in [-0.05, 0) is 31.6 Å². The molecule has 194 valence electrons. The normalized spacial score (nSPS) is 35.0. The molecule has 4 aliphatic rings. The second kappa shape index (κ2) is 10.7. The van der Waals surface area contributed by atoms with Gasteiger partial charge in [-0.1, -0.05) is 51.8 Å². The van der Waals surface area contributed by atoms with Crippen LogP contribution >= 0.6 is 11.8 Å². The zero-order valence-electron chi connectivity index (χ0n) is 21.1. The molecule has 0 radical (unpaired) electrons. The maximum absolute atomic E-state index is 14.5. The third-order valence-corrected chi connectivity index (χ3v) is 10.8. The highest BCUT2D eigenvalue weighted by molar-refractivity contribution is 8.02. The van der Waals surface area contributed by atoms with Crippen LogP contribution in [0.15, 0.2) is 25.3 Å². The molecule has 3 aliphatic heterocycles. The first kappa shape index (κ1) is 26.3. The van der Waals surface area contributed by atoms with Crippen LogP contribution in [-0.4, -0.2) is 80.6 Å². The number of ether oxygens (including phenoxy) is 1. The highest BCUT2D eigenvalue weighted by Crippen LogP contribution is 2.69. The maximum atomic E-state index is 14.5. The van der Waals surface area contributed by atoms with Crippen molar-refractivity contribution in [3.63, 3.8) is 0 Å². The molecule has 7 nitrogen and oxygen atoms in total. The van der Waals surface area contributed by atoms with Crippen LogP contribution in [0.4, 0.5) is 0 Å². The molecular weight excluding hydrogens is 464 g/mol. The van der Waals surface area contributed by atoms with E-state index >= 15 is 0 Å². The lowest BCUT2D eigenvalue weighted by Crippen LogP contribution is -2.60. The summed E-state index contributed by atoms with van der Waals surface area (Å²) in [4.78, 5) is 45.4. The minimum Gasteiger partial charge on any atom is -0.461 e. The SMILES string of the molecule is C=CCOC(=O)[C@@H]1[C@@H]2CC(C)C3(S2)C(C(=O)N(CC=C)C2CCCCC2)N([C@@H](CC)CO)C(=O)[C@H]13. The Kier molecular flexibility index (Phi) is 8.01. The van der Waals surface area contributed by atoms with E-state index in [1.54, 1.807) is 22.7 Å². The van der Waals surface area contributed by atoms with Crippen molar-refractivity contribution in [1.29, 1.82) is 0 Å². The van der Waals surface area contributed by atoms with E-state index in [-0.39, 0.29) is 48.2 Å². The van der Waals surface area contributed by atoms with Crippen molar-refractivity contribution in [1.82, 2.24) is 9.80 Å². The summed E-state index contributed by atoms with van der Waals surface area (Å²) in [5.41, 5.74) is 0. The van der Waals surface area contributed by atoms with E-state index in [9.17, 15) is 19.5 Å². The molecule has 35 heavy (non-hydrogen) atoms. The molecule has 7 atom stereocenters. The number of carbonyl (C=O) groups excluding carboxylic acids is 3. The van der Waals surface area contributed by atoms with Gasteiger partial charge in [0.1, 0.15) is 12.6 Å². The molecule has 2 amide bonds. The summed E-state index contributed by atoms with van der Waals surface area (Å²) >= 11 is 1.65. The Balaban J connectivity index is 1.78. The van der Waals surface area contributed by atoms with E-state index in [4.69, 9.17) is 4.74 Å². The Bertz CT molecular complexity index is 855. The molecule has 4 rings (SSSR count). The number of carbonyl (C=O) groups is 3. The molecule has 1 N–H and O–H groups in total. The number of aliphatic hydroxyl groups is 1. The van der Waals surface area contributed by atoms with E-state index in [1.165, 1.54) is 12.5 Å². The fourth-order valence-corrected chi connectivity index (χ4v) is 9.55. The molecule has 3 heterocycles. The van der Waals surface area contributed by atoms with Crippen molar-refractivity contribution >= 4 is 29.5 Å². The minimum absolute atomic E-state index is 0.0505. The van der Waals surface area contributed by atoms with Crippen molar-refractivity contribution in [3.05, 3.63) is 25.3 Å². The quantitative estimate of drug-likeness (QED) is 0.363. The fraction of sp³-hybridized carbons (Fsp3) is 0.741. The first-order valence-corrected chi connectivity index (χ1v) is 14.0. The van der Waals surface area contributed by atoms with Gasteiger partial charge in [-0.15, -0.1) is 18.3 Å². The van der Waals surface area contributed by atoms with Crippen LogP contribution in [0.25, 0.3) is 0 Å². The zero-order valence-corrected chi connectivity index (χ0v) is 21.9. The second-order valence-electron chi connectivity index (χ2n) is 10.5. The largest absolute Gasteiger partial charge is 0.461 e. The number of hydrogen-bond donors (Lipinski definition) is 1. The van der Waals surface area contributed by atoms with Crippen molar-refractivity contribution in [2.24, 2.45) is 17.8 Å². The number of fused-ring (bicyclic) bond motifs is 1. The summed E-state index contributed by atoms with van der Waals surface area (Å²) < 4.78 is 4.74. The van der Waals surface area contributed by atoms with Gasteiger partial charge in [0.25, 0.3) is 0 Å². The first-order valence-electron chi connectivity index (χ1n) is 13.2. The van der Waals surface area contributed by atoms with Crippen LogP contribution in [0, 0.1) is 17.8 Å². The summed E-state index contributed by atoms with van der Waals surface area (Å²) in [6.45, 7) is 11.9. The summed E-state index contributed by atoms with van der Waals surface area (Å²) in [6.07, 6.45) is 9.86. The Labute approximate surface area is 213 Å². The standard InChI is InChI=1S/C27H40N2O5S/c1-5-13-28(19-11-9-8-10-12-19)25(32)23-27-17(4)15-20(35-27)21(26(33)34-14-6-2)22(27)24(31)29(23)18(7-3)16-30/h5-6,17-23,30H,1-2,7-16H2,3-4H3/t17?,18-,20-,21+,22-,23?,27?/m0/s1. The number of hydrogen-bond acceptors (Lipinski definition) is 6.